The van der Waals surface area contributed by atoms with E-state index in [4.69, 9.17) is 11.6 Å². The highest BCUT2D eigenvalue weighted by atomic mass is 35.5. The molecule has 0 radical (unpaired) electrons. The van der Waals surface area contributed by atoms with Crippen LogP contribution in [0.15, 0.2) is 41.9 Å². The molecular weight excluding hydrogens is 380 g/mol. The van der Waals surface area contributed by atoms with Gasteiger partial charge in [-0.2, -0.15) is 5.10 Å². The molecule has 1 fully saturated rings. The van der Waals surface area contributed by atoms with Gasteiger partial charge in [0.25, 0.3) is 5.91 Å². The molecule has 5 nitrogen and oxygen atoms in total. The largest absolute Gasteiger partial charge is 0.338 e. The Kier molecular flexibility index (Phi) is 5.27. The van der Waals surface area contributed by atoms with Crippen LogP contribution in [0.5, 0.6) is 0 Å². The standard InChI is InChI=1S/C20H21ClN4OS/c1-14-17(18(21)25(23-14)12-15-6-3-2-4-7-15)20(26)24-10-5-8-16(13-24)19-22-9-11-27-19/h2-4,6-7,9,11,16H,5,8,10,12-13H2,1H3. The first kappa shape index (κ1) is 18.2. The van der Waals surface area contributed by atoms with Crippen LogP contribution in [0.4, 0.5) is 0 Å². The zero-order valence-corrected chi connectivity index (χ0v) is 16.7. The van der Waals surface area contributed by atoms with Gasteiger partial charge in [0.1, 0.15) is 5.15 Å². The van der Waals surface area contributed by atoms with E-state index in [2.05, 4.69) is 10.1 Å². The van der Waals surface area contributed by atoms with Gasteiger partial charge in [0.15, 0.2) is 0 Å². The summed E-state index contributed by atoms with van der Waals surface area (Å²) in [5, 5.41) is 8.03. The van der Waals surface area contributed by atoms with Crippen LogP contribution in [0.2, 0.25) is 5.15 Å². The second-order valence-electron chi connectivity index (χ2n) is 6.86. The molecule has 7 heteroatoms. The minimum absolute atomic E-state index is 0.0296. The van der Waals surface area contributed by atoms with Crippen molar-refractivity contribution in [1.29, 1.82) is 0 Å². The second kappa shape index (κ2) is 7.82. The van der Waals surface area contributed by atoms with Gasteiger partial charge in [-0.05, 0) is 25.3 Å². The molecule has 140 valence electrons. The molecule has 3 heterocycles. The summed E-state index contributed by atoms with van der Waals surface area (Å²) >= 11 is 8.23. The fourth-order valence-electron chi connectivity index (χ4n) is 3.61. The maximum atomic E-state index is 13.2. The zero-order chi connectivity index (χ0) is 18.8. The van der Waals surface area contributed by atoms with Gasteiger partial charge < -0.3 is 4.90 Å². The van der Waals surface area contributed by atoms with Crippen molar-refractivity contribution in [1.82, 2.24) is 19.7 Å². The first-order valence-corrected chi connectivity index (χ1v) is 10.3. The van der Waals surface area contributed by atoms with Gasteiger partial charge >= 0.3 is 0 Å². The van der Waals surface area contributed by atoms with Crippen LogP contribution in [0.3, 0.4) is 0 Å². The van der Waals surface area contributed by atoms with Crippen molar-refractivity contribution in [3.8, 4) is 0 Å². The number of carbonyl (C=O) groups excluding carboxylic acids is 1. The molecule has 0 aliphatic carbocycles. The van der Waals surface area contributed by atoms with Crippen LogP contribution in [0, 0.1) is 6.92 Å². The maximum Gasteiger partial charge on any atom is 0.258 e. The second-order valence-corrected chi connectivity index (χ2v) is 8.14. The highest BCUT2D eigenvalue weighted by molar-refractivity contribution is 7.09. The van der Waals surface area contributed by atoms with E-state index in [9.17, 15) is 4.79 Å². The first-order valence-electron chi connectivity index (χ1n) is 9.09. The maximum absolute atomic E-state index is 13.2. The summed E-state index contributed by atoms with van der Waals surface area (Å²) in [6.45, 7) is 3.84. The van der Waals surface area contributed by atoms with E-state index >= 15 is 0 Å². The van der Waals surface area contributed by atoms with E-state index in [1.54, 1.807) is 16.0 Å². The van der Waals surface area contributed by atoms with Gasteiger partial charge in [-0.1, -0.05) is 41.9 Å². The minimum atomic E-state index is -0.0296. The molecule has 3 aromatic rings. The summed E-state index contributed by atoms with van der Waals surface area (Å²) in [5.74, 6) is 0.277. The number of thiazole rings is 1. The summed E-state index contributed by atoms with van der Waals surface area (Å²) in [5.41, 5.74) is 2.30. The summed E-state index contributed by atoms with van der Waals surface area (Å²) in [4.78, 5) is 19.5. The number of amides is 1. The Morgan fingerprint density at radius 1 is 1.33 bits per heavy atom. The molecule has 1 aromatic carbocycles. The number of hydrogen-bond donors (Lipinski definition) is 0. The average molecular weight is 401 g/mol. The number of rotatable bonds is 4. The zero-order valence-electron chi connectivity index (χ0n) is 15.1. The van der Waals surface area contributed by atoms with Gasteiger partial charge in [-0.3, -0.25) is 4.79 Å². The van der Waals surface area contributed by atoms with Crippen molar-refractivity contribution in [3.05, 3.63) is 68.9 Å². The van der Waals surface area contributed by atoms with Crippen LogP contribution in [0.25, 0.3) is 0 Å². The Bertz CT molecular complexity index is 923. The van der Waals surface area contributed by atoms with Crippen LogP contribution >= 0.6 is 22.9 Å². The van der Waals surface area contributed by atoms with Crippen molar-refractivity contribution in [2.75, 3.05) is 13.1 Å². The van der Waals surface area contributed by atoms with E-state index < -0.39 is 0 Å². The third-order valence-electron chi connectivity index (χ3n) is 4.96. The van der Waals surface area contributed by atoms with E-state index in [1.807, 2.05) is 53.7 Å². The highest BCUT2D eigenvalue weighted by Gasteiger charge is 2.30. The molecule has 0 spiro atoms. The van der Waals surface area contributed by atoms with Gasteiger partial charge in [0.05, 0.1) is 22.8 Å². The predicted octanol–water partition coefficient (Wildman–Crippen LogP) is 4.37. The van der Waals surface area contributed by atoms with Crippen LogP contribution in [-0.2, 0) is 6.54 Å². The SMILES string of the molecule is Cc1nn(Cc2ccccc2)c(Cl)c1C(=O)N1CCCC(c2nccs2)C1. The van der Waals surface area contributed by atoms with Crippen molar-refractivity contribution < 1.29 is 4.79 Å². The molecule has 2 aromatic heterocycles. The van der Waals surface area contributed by atoms with Gasteiger partial charge in [0, 0.05) is 30.6 Å². The third-order valence-corrected chi connectivity index (χ3v) is 6.29. The minimum Gasteiger partial charge on any atom is -0.338 e. The average Bonchev–Trinajstić information content (AvgIpc) is 3.31. The van der Waals surface area contributed by atoms with Crippen molar-refractivity contribution in [2.45, 2.75) is 32.2 Å². The Morgan fingerprint density at radius 2 is 2.15 bits per heavy atom. The Morgan fingerprint density at radius 3 is 2.89 bits per heavy atom. The Balaban J connectivity index is 1.55. The summed E-state index contributed by atoms with van der Waals surface area (Å²) in [6, 6.07) is 10.00. The van der Waals surface area contributed by atoms with Gasteiger partial charge in [0.2, 0.25) is 0 Å². The molecule has 0 bridgehead atoms. The van der Waals surface area contributed by atoms with E-state index in [0.29, 0.717) is 35.4 Å². The van der Waals surface area contributed by atoms with Crippen LogP contribution < -0.4 is 0 Å². The molecule has 1 amide bonds. The summed E-state index contributed by atoms with van der Waals surface area (Å²) in [7, 11) is 0. The molecule has 27 heavy (non-hydrogen) atoms. The number of carbonyl (C=O) groups is 1. The first-order chi connectivity index (χ1) is 13.1. The van der Waals surface area contributed by atoms with E-state index in [0.717, 1.165) is 30.0 Å². The summed E-state index contributed by atoms with van der Waals surface area (Å²) < 4.78 is 1.71. The highest BCUT2D eigenvalue weighted by Crippen LogP contribution is 2.30. The monoisotopic (exact) mass is 400 g/mol. The molecule has 1 atom stereocenters. The lowest BCUT2D eigenvalue weighted by Gasteiger charge is -2.31. The van der Waals surface area contributed by atoms with Gasteiger partial charge in [-0.25, -0.2) is 9.67 Å². The van der Waals surface area contributed by atoms with Gasteiger partial charge in [-0.15, -0.1) is 11.3 Å². The molecule has 1 saturated heterocycles. The molecule has 1 aliphatic rings. The van der Waals surface area contributed by atoms with E-state index in [1.165, 1.54) is 0 Å². The van der Waals surface area contributed by atoms with Crippen molar-refractivity contribution in [3.63, 3.8) is 0 Å². The number of hydrogen-bond acceptors (Lipinski definition) is 4. The fourth-order valence-corrected chi connectivity index (χ4v) is 4.70. The normalized spacial score (nSPS) is 17.3. The molecule has 4 rings (SSSR count). The molecule has 0 N–H and O–H groups in total. The van der Waals surface area contributed by atoms with Crippen LogP contribution in [-0.4, -0.2) is 38.7 Å². The molecule has 1 aliphatic heterocycles. The number of halogens is 1. The quantitative estimate of drug-likeness (QED) is 0.653. The number of benzene rings is 1. The lowest BCUT2D eigenvalue weighted by molar-refractivity contribution is 0.0706. The number of nitrogens with zero attached hydrogens (tertiary/aromatic N) is 4. The molecule has 0 saturated carbocycles. The number of likely N-dealkylation sites (tertiary alicyclic amines) is 1. The topological polar surface area (TPSA) is 51.0 Å². The fraction of sp³-hybridized carbons (Fsp3) is 0.350. The smallest absolute Gasteiger partial charge is 0.258 e. The predicted molar refractivity (Wildman–Crippen MR) is 108 cm³/mol. The Labute approximate surface area is 167 Å². The third kappa shape index (κ3) is 3.77. The van der Waals surface area contributed by atoms with Crippen molar-refractivity contribution >= 4 is 28.8 Å². The van der Waals surface area contributed by atoms with Crippen molar-refractivity contribution in [2.24, 2.45) is 0 Å². The van der Waals surface area contributed by atoms with E-state index in [-0.39, 0.29) is 5.91 Å². The lowest BCUT2D eigenvalue weighted by atomic mass is 9.98. The molecular formula is C20H21ClN4OS. The van der Waals surface area contributed by atoms with Crippen LogP contribution in [0.1, 0.15) is 45.4 Å². The Hall–Kier alpha value is -2.18. The molecule has 1 unspecified atom stereocenters. The number of aromatic nitrogens is 3. The number of piperidine rings is 1. The number of aryl methyl sites for hydroxylation is 1. The summed E-state index contributed by atoms with van der Waals surface area (Å²) in [6.07, 6.45) is 3.87. The lowest BCUT2D eigenvalue weighted by Crippen LogP contribution is -2.39.